The van der Waals surface area contributed by atoms with E-state index in [-0.39, 0.29) is 5.84 Å². The molecule has 1 aliphatic carbocycles. The molecular formula is C11H17N3O3S. The number of ether oxygens (including phenoxy) is 1. The van der Waals surface area contributed by atoms with Gasteiger partial charge < -0.3 is 10.5 Å². The average Bonchev–Trinajstić information content (AvgIpc) is 2.23. The summed E-state index contributed by atoms with van der Waals surface area (Å²) in [4.78, 5) is 0. The second-order valence-corrected chi connectivity index (χ2v) is 6.06. The van der Waals surface area contributed by atoms with Crippen molar-refractivity contribution >= 4 is 16.0 Å². The van der Waals surface area contributed by atoms with Crippen LogP contribution in [0.15, 0.2) is 27.5 Å². The van der Waals surface area contributed by atoms with Crippen molar-refractivity contribution in [1.82, 2.24) is 4.72 Å². The Hall–Kier alpha value is -1.50. The van der Waals surface area contributed by atoms with Crippen LogP contribution in [0.2, 0.25) is 0 Å². The van der Waals surface area contributed by atoms with Crippen molar-refractivity contribution in [3.63, 3.8) is 0 Å². The maximum atomic E-state index is 11.4. The Labute approximate surface area is 107 Å². The maximum absolute atomic E-state index is 11.4. The number of hydrogen-bond acceptors (Lipinski definition) is 4. The number of nitrogens with one attached hydrogen (secondary N) is 1. The largest absolute Gasteiger partial charge is 0.493 e. The summed E-state index contributed by atoms with van der Waals surface area (Å²) in [5, 5.41) is 0. The van der Waals surface area contributed by atoms with E-state index in [1.807, 2.05) is 19.9 Å². The van der Waals surface area contributed by atoms with Gasteiger partial charge in [0.25, 0.3) is 0 Å². The molecular weight excluding hydrogens is 254 g/mol. The van der Waals surface area contributed by atoms with Crippen LogP contribution in [0.3, 0.4) is 0 Å². The molecule has 0 saturated carbocycles. The summed E-state index contributed by atoms with van der Waals surface area (Å²) >= 11 is 0. The van der Waals surface area contributed by atoms with Crippen LogP contribution in [0, 0.1) is 5.92 Å². The SMILES string of the molecule is CC(C)COC1=CCCC2=C1C(N)=NS(=O)(=O)N2. The van der Waals surface area contributed by atoms with Gasteiger partial charge in [-0.3, -0.25) is 4.72 Å². The van der Waals surface area contributed by atoms with E-state index in [0.29, 0.717) is 36.0 Å². The van der Waals surface area contributed by atoms with Crippen molar-refractivity contribution < 1.29 is 13.2 Å². The molecule has 1 aliphatic heterocycles. The molecule has 2 rings (SSSR count). The molecule has 0 aromatic rings. The molecule has 0 aromatic heterocycles. The monoisotopic (exact) mass is 271 g/mol. The molecule has 0 radical (unpaired) electrons. The molecule has 100 valence electrons. The zero-order chi connectivity index (χ0) is 13.3. The molecule has 0 unspecified atom stereocenters. The number of nitrogens with two attached hydrogens (primary N) is 1. The second-order valence-electron chi connectivity index (χ2n) is 4.72. The average molecular weight is 271 g/mol. The molecule has 0 amide bonds. The van der Waals surface area contributed by atoms with E-state index < -0.39 is 10.2 Å². The molecule has 0 bridgehead atoms. The van der Waals surface area contributed by atoms with Gasteiger partial charge in [-0.2, -0.15) is 8.42 Å². The Balaban J connectivity index is 2.28. The molecule has 2 aliphatic rings. The lowest BCUT2D eigenvalue weighted by molar-refractivity contribution is 0.185. The zero-order valence-electron chi connectivity index (χ0n) is 10.4. The molecule has 3 N–H and O–H groups in total. The lowest BCUT2D eigenvalue weighted by Gasteiger charge is -2.25. The van der Waals surface area contributed by atoms with Gasteiger partial charge in [0, 0.05) is 5.70 Å². The summed E-state index contributed by atoms with van der Waals surface area (Å²) in [5.74, 6) is 1.00. The number of hydrogen-bond donors (Lipinski definition) is 2. The van der Waals surface area contributed by atoms with Gasteiger partial charge in [0.2, 0.25) is 0 Å². The normalized spacial score (nSPS) is 21.9. The molecule has 7 heteroatoms. The first-order valence-electron chi connectivity index (χ1n) is 5.84. The molecule has 1 heterocycles. The Morgan fingerprint density at radius 3 is 2.94 bits per heavy atom. The number of allylic oxidation sites excluding steroid dienone is 2. The third-order valence-corrected chi connectivity index (χ3v) is 3.51. The molecule has 0 aromatic carbocycles. The molecule has 0 saturated heterocycles. The van der Waals surface area contributed by atoms with Crippen molar-refractivity contribution in [2.75, 3.05) is 6.61 Å². The first kappa shape index (κ1) is 12.9. The van der Waals surface area contributed by atoms with Crippen LogP contribution in [-0.2, 0) is 14.9 Å². The standard InChI is InChI=1S/C11H17N3O3S/c1-7(2)6-17-9-5-3-4-8-10(9)11(12)14-18(15,16)13-8/h5,7,13H,3-4,6H2,1-2H3,(H2,12,14). The van der Waals surface area contributed by atoms with Crippen LogP contribution in [0.5, 0.6) is 0 Å². The van der Waals surface area contributed by atoms with Crippen molar-refractivity contribution in [2.24, 2.45) is 16.0 Å². The smallest absolute Gasteiger partial charge is 0.344 e. The predicted octanol–water partition coefficient (Wildman–Crippen LogP) is 0.796. The van der Waals surface area contributed by atoms with E-state index >= 15 is 0 Å². The highest BCUT2D eigenvalue weighted by molar-refractivity contribution is 7.88. The van der Waals surface area contributed by atoms with Crippen LogP contribution in [0.4, 0.5) is 0 Å². The second kappa shape index (κ2) is 4.64. The third-order valence-electron chi connectivity index (χ3n) is 2.57. The lowest BCUT2D eigenvalue weighted by Crippen LogP contribution is -2.35. The maximum Gasteiger partial charge on any atom is 0.344 e. The van der Waals surface area contributed by atoms with Gasteiger partial charge in [-0.15, -0.1) is 4.40 Å². The van der Waals surface area contributed by atoms with Crippen LogP contribution < -0.4 is 10.5 Å². The van der Waals surface area contributed by atoms with Gasteiger partial charge in [0.1, 0.15) is 5.76 Å². The summed E-state index contributed by atoms with van der Waals surface area (Å²) in [7, 11) is -3.68. The van der Waals surface area contributed by atoms with Crippen molar-refractivity contribution in [1.29, 1.82) is 0 Å². The third kappa shape index (κ3) is 2.66. The van der Waals surface area contributed by atoms with Crippen LogP contribution in [-0.4, -0.2) is 20.9 Å². The Bertz CT molecular complexity index is 544. The van der Waals surface area contributed by atoms with Gasteiger partial charge in [-0.1, -0.05) is 13.8 Å². The van der Waals surface area contributed by atoms with Crippen molar-refractivity contribution in [3.05, 3.63) is 23.1 Å². The summed E-state index contributed by atoms with van der Waals surface area (Å²) < 4.78 is 34.4. The van der Waals surface area contributed by atoms with Gasteiger partial charge in [0.05, 0.1) is 12.2 Å². The summed E-state index contributed by atoms with van der Waals surface area (Å²) in [5.41, 5.74) is 6.87. The number of rotatable bonds is 3. The van der Waals surface area contributed by atoms with Gasteiger partial charge >= 0.3 is 10.2 Å². The van der Waals surface area contributed by atoms with E-state index in [1.54, 1.807) is 0 Å². The fraction of sp³-hybridized carbons (Fsp3) is 0.545. The molecule has 0 atom stereocenters. The van der Waals surface area contributed by atoms with E-state index in [2.05, 4.69) is 9.12 Å². The minimum atomic E-state index is -3.68. The highest BCUT2D eigenvalue weighted by Gasteiger charge is 2.28. The highest BCUT2D eigenvalue weighted by atomic mass is 32.2. The van der Waals surface area contributed by atoms with Crippen molar-refractivity contribution in [2.45, 2.75) is 26.7 Å². The summed E-state index contributed by atoms with van der Waals surface area (Å²) in [6, 6.07) is 0. The topological polar surface area (TPSA) is 93.8 Å². The number of amidine groups is 1. The predicted molar refractivity (Wildman–Crippen MR) is 68.8 cm³/mol. The van der Waals surface area contributed by atoms with Crippen LogP contribution >= 0.6 is 0 Å². The minimum Gasteiger partial charge on any atom is -0.493 e. The van der Waals surface area contributed by atoms with E-state index in [1.165, 1.54) is 0 Å². The van der Waals surface area contributed by atoms with E-state index in [0.717, 1.165) is 6.42 Å². The van der Waals surface area contributed by atoms with Crippen LogP contribution in [0.1, 0.15) is 26.7 Å². The first-order chi connectivity index (χ1) is 8.39. The Morgan fingerprint density at radius 1 is 1.56 bits per heavy atom. The molecule has 0 fully saturated rings. The van der Waals surface area contributed by atoms with Crippen molar-refractivity contribution in [3.8, 4) is 0 Å². The fourth-order valence-electron chi connectivity index (χ4n) is 1.85. The minimum absolute atomic E-state index is 0.00143. The summed E-state index contributed by atoms with van der Waals surface area (Å²) in [6.07, 6.45) is 3.24. The van der Waals surface area contributed by atoms with Gasteiger partial charge in [-0.05, 0) is 24.8 Å². The Morgan fingerprint density at radius 2 is 2.28 bits per heavy atom. The lowest BCUT2D eigenvalue weighted by atomic mass is 10.0. The van der Waals surface area contributed by atoms with Gasteiger partial charge in [-0.25, -0.2) is 0 Å². The van der Waals surface area contributed by atoms with E-state index in [9.17, 15) is 8.42 Å². The first-order valence-corrected chi connectivity index (χ1v) is 7.28. The van der Waals surface area contributed by atoms with E-state index in [4.69, 9.17) is 10.5 Å². The fourth-order valence-corrected chi connectivity index (χ4v) is 2.76. The zero-order valence-corrected chi connectivity index (χ0v) is 11.3. The quantitative estimate of drug-likeness (QED) is 0.793. The molecule has 6 nitrogen and oxygen atoms in total. The van der Waals surface area contributed by atoms with Gasteiger partial charge in [0.15, 0.2) is 5.84 Å². The molecule has 18 heavy (non-hydrogen) atoms. The Kier molecular flexibility index (Phi) is 3.34. The summed E-state index contributed by atoms with van der Waals surface area (Å²) in [6.45, 7) is 4.64. The molecule has 0 spiro atoms. The number of nitrogens with zero attached hydrogens (tertiary/aromatic N) is 1. The highest BCUT2D eigenvalue weighted by Crippen LogP contribution is 2.28. The van der Waals surface area contributed by atoms with Crippen LogP contribution in [0.25, 0.3) is 0 Å².